The number of aliphatic imine (C=N–C) groups is 1. The Bertz CT molecular complexity index is 1150. The Morgan fingerprint density at radius 3 is 2.68 bits per heavy atom. The van der Waals surface area contributed by atoms with Crippen molar-refractivity contribution in [1.29, 1.82) is 0 Å². The van der Waals surface area contributed by atoms with E-state index in [4.69, 9.17) is 18.6 Å². The Kier molecular flexibility index (Phi) is 6.36. The molecule has 6 nitrogen and oxygen atoms in total. The summed E-state index contributed by atoms with van der Waals surface area (Å²) < 4.78 is 36.0. The lowest BCUT2D eigenvalue weighted by Crippen LogP contribution is -2.04. The third-order valence-electron chi connectivity index (χ3n) is 4.28. The van der Waals surface area contributed by atoms with Gasteiger partial charge in [0, 0.05) is 0 Å². The predicted molar refractivity (Wildman–Crippen MR) is 120 cm³/mol. The molecular formula is C23H17FINO5. The van der Waals surface area contributed by atoms with Crippen LogP contribution in [0.1, 0.15) is 23.8 Å². The average Bonchev–Trinajstić information content (AvgIpc) is 3.39. The van der Waals surface area contributed by atoms with Crippen LogP contribution in [-0.4, -0.2) is 18.5 Å². The molecule has 0 spiro atoms. The van der Waals surface area contributed by atoms with E-state index < -0.39 is 5.97 Å². The van der Waals surface area contributed by atoms with E-state index in [0.717, 1.165) is 9.13 Å². The summed E-state index contributed by atoms with van der Waals surface area (Å²) in [5.41, 5.74) is 1.70. The van der Waals surface area contributed by atoms with Crippen LogP contribution in [0.25, 0.3) is 6.08 Å². The fraction of sp³-hybridized carbons (Fsp3) is 0.130. The number of benzene rings is 2. The number of nitrogens with zero attached hydrogens (tertiary/aromatic N) is 1. The predicted octanol–water partition coefficient (Wildman–Crippen LogP) is 5.35. The first-order valence-electron chi connectivity index (χ1n) is 9.43. The van der Waals surface area contributed by atoms with E-state index in [1.165, 1.54) is 18.4 Å². The van der Waals surface area contributed by atoms with Gasteiger partial charge in [-0.05, 0) is 83.1 Å². The van der Waals surface area contributed by atoms with Crippen LogP contribution in [0.4, 0.5) is 4.39 Å². The van der Waals surface area contributed by atoms with E-state index >= 15 is 0 Å². The van der Waals surface area contributed by atoms with Crippen LogP contribution in [-0.2, 0) is 16.1 Å². The van der Waals surface area contributed by atoms with Gasteiger partial charge in [0.1, 0.15) is 12.4 Å². The second kappa shape index (κ2) is 9.34. The van der Waals surface area contributed by atoms with Gasteiger partial charge in [-0.1, -0.05) is 12.1 Å². The Hall–Kier alpha value is -3.14. The molecule has 31 heavy (non-hydrogen) atoms. The van der Waals surface area contributed by atoms with Crippen molar-refractivity contribution in [3.63, 3.8) is 0 Å². The van der Waals surface area contributed by atoms with Gasteiger partial charge in [-0.15, -0.1) is 0 Å². The van der Waals surface area contributed by atoms with Crippen molar-refractivity contribution >= 4 is 40.5 Å². The van der Waals surface area contributed by atoms with Crippen LogP contribution in [0.2, 0.25) is 0 Å². The molecule has 2 heterocycles. The fourth-order valence-corrected chi connectivity index (χ4v) is 3.66. The summed E-state index contributed by atoms with van der Waals surface area (Å²) in [6, 6.07) is 13.1. The minimum atomic E-state index is -0.559. The second-order valence-corrected chi connectivity index (χ2v) is 7.65. The summed E-state index contributed by atoms with van der Waals surface area (Å²) in [5.74, 6) is 0.754. The third kappa shape index (κ3) is 4.96. The Labute approximate surface area is 191 Å². The molecule has 0 atom stereocenters. The van der Waals surface area contributed by atoms with E-state index in [2.05, 4.69) is 27.6 Å². The molecular weight excluding hydrogens is 516 g/mol. The summed E-state index contributed by atoms with van der Waals surface area (Å²) in [6.07, 6.45) is 3.10. The molecule has 8 heteroatoms. The van der Waals surface area contributed by atoms with Crippen LogP contribution < -0.4 is 9.47 Å². The maximum atomic E-state index is 13.1. The topological polar surface area (TPSA) is 70.3 Å². The van der Waals surface area contributed by atoms with Gasteiger partial charge < -0.3 is 18.6 Å². The van der Waals surface area contributed by atoms with Crippen molar-refractivity contribution in [1.82, 2.24) is 0 Å². The Morgan fingerprint density at radius 2 is 1.97 bits per heavy atom. The molecule has 2 aromatic carbocycles. The zero-order chi connectivity index (χ0) is 21.8. The van der Waals surface area contributed by atoms with E-state index in [1.54, 1.807) is 36.4 Å². The first-order chi connectivity index (χ1) is 15.0. The summed E-state index contributed by atoms with van der Waals surface area (Å²) >= 11 is 2.14. The van der Waals surface area contributed by atoms with Crippen LogP contribution in [0.15, 0.2) is 69.9 Å². The minimum absolute atomic E-state index is 0.125. The number of esters is 1. The van der Waals surface area contributed by atoms with Crippen molar-refractivity contribution in [3.05, 3.63) is 86.8 Å². The maximum Gasteiger partial charge on any atom is 0.363 e. The van der Waals surface area contributed by atoms with Gasteiger partial charge in [-0.3, -0.25) is 0 Å². The van der Waals surface area contributed by atoms with Crippen LogP contribution in [0.3, 0.4) is 0 Å². The van der Waals surface area contributed by atoms with Crippen molar-refractivity contribution in [2.75, 3.05) is 6.61 Å². The number of hydrogen-bond acceptors (Lipinski definition) is 6. The number of ether oxygens (including phenoxy) is 3. The summed E-state index contributed by atoms with van der Waals surface area (Å²) in [5, 5.41) is 0. The number of rotatable bonds is 7. The lowest BCUT2D eigenvalue weighted by atomic mass is 10.1. The number of carbonyl (C=O) groups excluding carboxylic acids is 1. The SMILES string of the molecule is CCOc1cc(/C=C2\N=C(c3ccco3)OC2=O)cc(I)c1OCc1ccc(F)cc1. The van der Waals surface area contributed by atoms with Gasteiger partial charge in [0.25, 0.3) is 5.90 Å². The van der Waals surface area contributed by atoms with E-state index in [1.807, 2.05) is 13.0 Å². The van der Waals surface area contributed by atoms with Crippen molar-refractivity contribution in [2.45, 2.75) is 13.5 Å². The number of hydrogen-bond donors (Lipinski definition) is 0. The molecule has 4 rings (SSSR count). The molecule has 158 valence electrons. The summed E-state index contributed by atoms with van der Waals surface area (Å²) in [4.78, 5) is 16.4. The molecule has 0 radical (unpaired) electrons. The molecule has 0 amide bonds. The lowest BCUT2D eigenvalue weighted by molar-refractivity contribution is -0.130. The molecule has 0 N–H and O–H groups in total. The first-order valence-corrected chi connectivity index (χ1v) is 10.5. The standard InChI is InChI=1S/C23H17FINO5/c1-2-28-20-12-15(11-18-23(27)31-22(26-18)19-4-3-9-29-19)10-17(25)21(20)30-13-14-5-7-16(24)8-6-14/h3-12H,2,13H2,1H3/b18-11-. The molecule has 0 unspecified atom stereocenters. The quantitative estimate of drug-likeness (QED) is 0.233. The fourth-order valence-electron chi connectivity index (χ4n) is 2.88. The van der Waals surface area contributed by atoms with E-state index in [0.29, 0.717) is 29.4 Å². The van der Waals surface area contributed by atoms with Crippen molar-refractivity contribution in [3.8, 4) is 11.5 Å². The van der Waals surface area contributed by atoms with Gasteiger partial charge in [-0.2, -0.15) is 0 Å². The maximum absolute atomic E-state index is 13.1. The zero-order valence-corrected chi connectivity index (χ0v) is 18.6. The highest BCUT2D eigenvalue weighted by molar-refractivity contribution is 14.1. The molecule has 3 aromatic rings. The molecule has 0 bridgehead atoms. The summed E-state index contributed by atoms with van der Waals surface area (Å²) in [6.45, 7) is 2.57. The molecule has 0 saturated heterocycles. The lowest BCUT2D eigenvalue weighted by Gasteiger charge is -2.15. The summed E-state index contributed by atoms with van der Waals surface area (Å²) in [7, 11) is 0. The van der Waals surface area contributed by atoms with Gasteiger partial charge in [-0.25, -0.2) is 14.2 Å². The van der Waals surface area contributed by atoms with Crippen LogP contribution in [0, 0.1) is 9.39 Å². The van der Waals surface area contributed by atoms with Gasteiger partial charge >= 0.3 is 5.97 Å². The first kappa shape index (κ1) is 21.1. The highest BCUT2D eigenvalue weighted by Gasteiger charge is 2.26. The normalized spacial score (nSPS) is 14.5. The third-order valence-corrected chi connectivity index (χ3v) is 5.09. The van der Waals surface area contributed by atoms with Crippen LogP contribution in [0.5, 0.6) is 11.5 Å². The van der Waals surface area contributed by atoms with Crippen molar-refractivity contribution in [2.24, 2.45) is 4.99 Å². The highest BCUT2D eigenvalue weighted by Crippen LogP contribution is 2.36. The Morgan fingerprint density at radius 1 is 1.16 bits per heavy atom. The number of furan rings is 1. The number of cyclic esters (lactones) is 1. The molecule has 1 aromatic heterocycles. The number of carbonyl (C=O) groups is 1. The van der Waals surface area contributed by atoms with E-state index in [9.17, 15) is 9.18 Å². The minimum Gasteiger partial charge on any atom is -0.490 e. The molecule has 0 aliphatic carbocycles. The average molecular weight is 533 g/mol. The smallest absolute Gasteiger partial charge is 0.363 e. The van der Waals surface area contributed by atoms with Gasteiger partial charge in [0.05, 0.1) is 16.4 Å². The molecule has 1 aliphatic rings. The largest absolute Gasteiger partial charge is 0.490 e. The molecule has 0 saturated carbocycles. The molecule has 1 aliphatic heterocycles. The Balaban J connectivity index is 1.60. The van der Waals surface area contributed by atoms with Gasteiger partial charge in [0.15, 0.2) is 23.0 Å². The van der Waals surface area contributed by atoms with E-state index in [-0.39, 0.29) is 24.0 Å². The highest BCUT2D eigenvalue weighted by atomic mass is 127. The molecule has 0 fully saturated rings. The van der Waals surface area contributed by atoms with Crippen molar-refractivity contribution < 1.29 is 27.8 Å². The monoisotopic (exact) mass is 533 g/mol. The van der Waals surface area contributed by atoms with Gasteiger partial charge in [0.2, 0.25) is 0 Å². The second-order valence-electron chi connectivity index (χ2n) is 6.49. The van der Waals surface area contributed by atoms with Crippen LogP contribution >= 0.6 is 22.6 Å². The zero-order valence-electron chi connectivity index (χ0n) is 16.4. The number of halogens is 2.